The van der Waals surface area contributed by atoms with E-state index in [0.29, 0.717) is 19.3 Å². The minimum Gasteiger partial charge on any atom is -0.479 e. The van der Waals surface area contributed by atoms with Crippen LogP contribution in [0.5, 0.6) is 0 Å². The summed E-state index contributed by atoms with van der Waals surface area (Å²) in [7, 11) is 0. The highest BCUT2D eigenvalue weighted by Crippen LogP contribution is 2.76. The number of aliphatic carboxylic acids is 1. The normalized spacial score (nSPS) is 53.2. The van der Waals surface area contributed by atoms with Crippen LogP contribution in [-0.2, 0) is 38.0 Å². The molecular weight excluding hydrogens is 865 g/mol. The number of carboxylic acids is 1. The maximum absolute atomic E-state index is 14.7. The van der Waals surface area contributed by atoms with Crippen LogP contribution in [0.3, 0.4) is 0 Å². The van der Waals surface area contributed by atoms with E-state index >= 15 is 0 Å². The first kappa shape index (κ1) is 50.5. The molecule has 0 radical (unpaired) electrons. The summed E-state index contributed by atoms with van der Waals surface area (Å²) in [4.78, 5) is 27.2. The predicted molar refractivity (Wildman–Crippen MR) is 229 cm³/mol. The molecule has 4 saturated carbocycles. The van der Waals surface area contributed by atoms with Crippen LogP contribution in [0.2, 0.25) is 0 Å². The molecule has 18 nitrogen and oxygen atoms in total. The van der Waals surface area contributed by atoms with Crippen LogP contribution in [0, 0.1) is 50.2 Å². The van der Waals surface area contributed by atoms with Gasteiger partial charge in [0, 0.05) is 0 Å². The van der Waals surface area contributed by atoms with Gasteiger partial charge in [0.05, 0.1) is 24.2 Å². The van der Waals surface area contributed by atoms with Crippen molar-refractivity contribution in [2.75, 3.05) is 6.61 Å². The second-order valence-electron chi connectivity index (χ2n) is 23.5. The molecular formula is C48H76O18. The van der Waals surface area contributed by atoms with Crippen molar-refractivity contribution in [2.45, 2.75) is 218 Å². The van der Waals surface area contributed by atoms with E-state index in [0.717, 1.165) is 44.9 Å². The van der Waals surface area contributed by atoms with Gasteiger partial charge in [-0.2, -0.15) is 0 Å². The molecule has 0 aromatic carbocycles. The maximum Gasteiger partial charge on any atom is 0.335 e. The van der Waals surface area contributed by atoms with Gasteiger partial charge in [-0.25, -0.2) is 4.79 Å². The fourth-order valence-corrected chi connectivity index (χ4v) is 15.0. The van der Waals surface area contributed by atoms with Gasteiger partial charge in [0.1, 0.15) is 61.0 Å². The first-order chi connectivity index (χ1) is 30.7. The van der Waals surface area contributed by atoms with Crippen LogP contribution in [0.1, 0.15) is 120 Å². The smallest absolute Gasteiger partial charge is 0.335 e. The molecule has 8 rings (SSSR count). The molecule has 3 heterocycles. The number of ether oxygens (including phenoxy) is 6. The van der Waals surface area contributed by atoms with Gasteiger partial charge in [-0.15, -0.1) is 0 Å². The fourth-order valence-electron chi connectivity index (χ4n) is 15.0. The lowest BCUT2D eigenvalue weighted by Crippen LogP contribution is -2.67. The minimum absolute atomic E-state index is 0.0659. The molecule has 23 atom stereocenters. The average Bonchev–Trinajstić information content (AvgIpc) is 3.25. The molecule has 10 N–H and O–H groups in total. The van der Waals surface area contributed by atoms with E-state index in [-0.39, 0.29) is 39.4 Å². The van der Waals surface area contributed by atoms with Crippen molar-refractivity contribution in [2.24, 2.45) is 50.2 Å². The van der Waals surface area contributed by atoms with Gasteiger partial charge in [0.2, 0.25) is 6.29 Å². The third-order valence-corrected chi connectivity index (χ3v) is 19.2. The van der Waals surface area contributed by atoms with E-state index in [1.54, 1.807) is 0 Å². The molecule has 0 spiro atoms. The summed E-state index contributed by atoms with van der Waals surface area (Å²) in [6.45, 7) is 16.7. The number of aliphatic hydroxyl groups is 9. The lowest BCUT2D eigenvalue weighted by Gasteiger charge is -2.71. The third kappa shape index (κ3) is 7.74. The highest BCUT2D eigenvalue weighted by atomic mass is 16.7. The maximum atomic E-state index is 14.7. The van der Waals surface area contributed by atoms with E-state index < -0.39 is 128 Å². The third-order valence-electron chi connectivity index (χ3n) is 19.2. The largest absolute Gasteiger partial charge is 0.479 e. The molecule has 0 aromatic heterocycles. The number of carbonyl (C=O) groups is 2. The minimum atomic E-state index is -1.85. The van der Waals surface area contributed by atoms with Crippen molar-refractivity contribution >= 4 is 11.9 Å². The molecule has 5 aliphatic carbocycles. The molecule has 376 valence electrons. The van der Waals surface area contributed by atoms with Crippen LogP contribution in [0.15, 0.2) is 11.6 Å². The lowest BCUT2D eigenvalue weighted by atomic mass is 9.33. The topological polar surface area (TPSA) is 292 Å². The van der Waals surface area contributed by atoms with Crippen molar-refractivity contribution < 1.29 is 89.1 Å². The number of fused-ring (bicyclic) bond motifs is 7. The standard InChI is InChI=1S/C48H76O18/c1-21-28(50)30(52)33(55)39(61-21)64-36-32(54)35(57)41(65-37(36)38(58)59)63-27-12-13-45(6)25(44(27,4)5)11-14-47(8)26(45)10-9-22-23-19-43(2,3)15-17-48(23,18-16-46(22,47)7)42(60)66-40-34(56)31(53)29(51)24(20-49)62-40/h9,21,23-37,39-41,49-57H,10-20H2,1-8H3,(H,58,59)/t21-,23-,24+,25-,26+,27-,28-,29+,30+,31-,32+,33+,34+,35+,36-,37-,39+,40-,41+,45-,46+,47+,48-/m0/s1. The van der Waals surface area contributed by atoms with Crippen molar-refractivity contribution in [3.05, 3.63) is 11.6 Å². The Morgan fingerprint density at radius 3 is 1.97 bits per heavy atom. The summed E-state index contributed by atoms with van der Waals surface area (Å²) in [6, 6.07) is 0. The zero-order valence-corrected chi connectivity index (χ0v) is 39.6. The van der Waals surface area contributed by atoms with E-state index in [4.69, 9.17) is 28.4 Å². The van der Waals surface area contributed by atoms with Gasteiger partial charge >= 0.3 is 11.9 Å². The molecule has 8 aliphatic rings. The highest BCUT2D eigenvalue weighted by Gasteiger charge is 2.70. The Balaban J connectivity index is 1.01. The molecule has 18 heteroatoms. The second kappa shape index (κ2) is 17.5. The van der Waals surface area contributed by atoms with Crippen LogP contribution in [-0.4, -0.2) is 168 Å². The first-order valence-electron chi connectivity index (χ1n) is 24.2. The predicted octanol–water partition coefficient (Wildman–Crippen LogP) is 1.26. The van der Waals surface area contributed by atoms with Crippen molar-refractivity contribution in [1.82, 2.24) is 0 Å². The van der Waals surface area contributed by atoms with Gasteiger partial charge in [0.15, 0.2) is 18.7 Å². The monoisotopic (exact) mass is 941 g/mol. The zero-order valence-electron chi connectivity index (χ0n) is 39.6. The molecule has 0 unspecified atom stereocenters. The molecule has 0 aromatic rings. The van der Waals surface area contributed by atoms with Gasteiger partial charge in [0.25, 0.3) is 0 Å². The number of carbonyl (C=O) groups excluding carboxylic acids is 1. The van der Waals surface area contributed by atoms with Gasteiger partial charge in [-0.3, -0.25) is 4.79 Å². The fraction of sp³-hybridized carbons (Fsp3) is 0.917. The Kier molecular flexibility index (Phi) is 13.4. The van der Waals surface area contributed by atoms with E-state index in [1.165, 1.54) is 12.5 Å². The number of esters is 1. The van der Waals surface area contributed by atoms with E-state index in [1.807, 2.05) is 0 Å². The molecule has 7 fully saturated rings. The molecule has 0 amide bonds. The van der Waals surface area contributed by atoms with Gasteiger partial charge in [-0.1, -0.05) is 60.1 Å². The van der Waals surface area contributed by atoms with Gasteiger partial charge < -0.3 is 79.5 Å². The summed E-state index contributed by atoms with van der Waals surface area (Å²) in [5, 5.41) is 105. The van der Waals surface area contributed by atoms with Crippen LogP contribution in [0.25, 0.3) is 0 Å². The number of hydrogen-bond donors (Lipinski definition) is 10. The number of aliphatic hydroxyl groups excluding tert-OH is 9. The molecule has 0 bridgehead atoms. The Hall–Kier alpha value is -1.88. The number of allylic oxidation sites excluding steroid dienone is 2. The second-order valence-corrected chi connectivity index (χ2v) is 23.5. The average molecular weight is 941 g/mol. The van der Waals surface area contributed by atoms with Crippen LogP contribution < -0.4 is 0 Å². The van der Waals surface area contributed by atoms with Crippen molar-refractivity contribution in [1.29, 1.82) is 0 Å². The van der Waals surface area contributed by atoms with Crippen LogP contribution in [0.4, 0.5) is 0 Å². The van der Waals surface area contributed by atoms with E-state index in [2.05, 4.69) is 54.5 Å². The van der Waals surface area contributed by atoms with E-state index in [9.17, 15) is 60.7 Å². The number of carboxylic acid groups (broad SMARTS) is 1. The summed E-state index contributed by atoms with van der Waals surface area (Å²) < 4.78 is 35.2. The molecule has 66 heavy (non-hydrogen) atoms. The summed E-state index contributed by atoms with van der Waals surface area (Å²) in [6.07, 6.45) is -14.8. The summed E-state index contributed by atoms with van der Waals surface area (Å²) in [5.74, 6) is -1.78. The Morgan fingerprint density at radius 2 is 1.30 bits per heavy atom. The molecule has 3 saturated heterocycles. The van der Waals surface area contributed by atoms with Gasteiger partial charge in [-0.05, 0) is 116 Å². The summed E-state index contributed by atoms with van der Waals surface area (Å²) in [5.41, 5.74) is -0.814. The number of rotatable bonds is 8. The quantitative estimate of drug-likeness (QED) is 0.0931. The Bertz CT molecular complexity index is 1860. The highest BCUT2D eigenvalue weighted by molar-refractivity contribution is 5.79. The SMILES string of the molecule is C[C@@H]1O[C@H](O[C@H]2[C@H](O)[C@@H](O)[C@H](O[C@H]3CC[C@]4(C)[C@H]5CC=C6[C@@H]7CC(C)(C)CC[C@]7(C(=O)O[C@@H]7O[C@H](CO)[C@@H](O)[C@H](O)[C@H]7O)CC[C@@]6(C)[C@]5(C)CC[C@H]4C3(C)C)O[C@@H]2C(=O)O)[C@H](O)[C@H](O)[C@H]1O. The Labute approximate surface area is 386 Å². The lowest BCUT2D eigenvalue weighted by molar-refractivity contribution is -0.361. The Morgan fingerprint density at radius 1 is 0.682 bits per heavy atom. The zero-order chi connectivity index (χ0) is 48.4. The van der Waals surface area contributed by atoms with Crippen molar-refractivity contribution in [3.8, 4) is 0 Å². The van der Waals surface area contributed by atoms with Crippen molar-refractivity contribution in [3.63, 3.8) is 0 Å². The van der Waals surface area contributed by atoms with Crippen LogP contribution >= 0.6 is 0 Å². The summed E-state index contributed by atoms with van der Waals surface area (Å²) >= 11 is 0. The number of hydrogen-bond acceptors (Lipinski definition) is 17. The first-order valence-corrected chi connectivity index (χ1v) is 24.2. The molecule has 3 aliphatic heterocycles.